The molecule has 2 unspecified atom stereocenters. The van der Waals surface area contributed by atoms with Crippen LogP contribution in [-0.4, -0.2) is 78.1 Å². The number of piperazine rings is 1. The van der Waals surface area contributed by atoms with E-state index in [1.165, 1.54) is 0 Å². The van der Waals surface area contributed by atoms with E-state index in [1.807, 2.05) is 41.4 Å². The Bertz CT molecular complexity index is 1010. The van der Waals surface area contributed by atoms with E-state index < -0.39 is 11.6 Å². The van der Waals surface area contributed by atoms with Crippen LogP contribution in [0.3, 0.4) is 0 Å². The van der Waals surface area contributed by atoms with Crippen molar-refractivity contribution in [2.45, 2.75) is 31.8 Å². The summed E-state index contributed by atoms with van der Waals surface area (Å²) in [5, 5.41) is 0. The summed E-state index contributed by atoms with van der Waals surface area (Å²) in [7, 11) is 0. The molecule has 33 heavy (non-hydrogen) atoms. The molecule has 1 aromatic heterocycles. The molecule has 4 heterocycles. The van der Waals surface area contributed by atoms with Crippen molar-refractivity contribution in [1.82, 2.24) is 14.8 Å². The number of nitrogens with zero attached hydrogens (tertiary/aromatic N) is 4. The van der Waals surface area contributed by atoms with Crippen LogP contribution < -0.4 is 4.90 Å². The number of aromatic nitrogens is 1. The minimum absolute atomic E-state index is 0.0602. The van der Waals surface area contributed by atoms with E-state index in [2.05, 4.69) is 20.9 Å². The number of hydrogen-bond donors (Lipinski definition) is 0. The number of ether oxygens (including phenoxy) is 1. The Morgan fingerprint density at radius 1 is 1.09 bits per heavy atom. The molecule has 3 aliphatic heterocycles. The molecule has 0 bridgehead atoms. The Hall–Kier alpha value is -2.93. The highest BCUT2D eigenvalue weighted by molar-refractivity contribution is 5.97. The summed E-state index contributed by atoms with van der Waals surface area (Å²) in [6, 6.07) is 13.5. The Morgan fingerprint density at radius 2 is 1.88 bits per heavy atom. The molecule has 7 nitrogen and oxygen atoms in total. The van der Waals surface area contributed by atoms with Crippen molar-refractivity contribution in [3.05, 3.63) is 59.8 Å². The fraction of sp³-hybridized carbons (Fsp3) is 0.500. The molecule has 0 radical (unpaired) electrons. The molecule has 2 atom stereocenters. The fourth-order valence-electron chi connectivity index (χ4n) is 5.45. The standard InChI is InChI=1S/C26H32N4O3/c1-26(17-21-8-2-3-9-22(21)24(31)33-26)25(32)30-12-6-7-20(19-30)18-28-13-15-29(16-14-28)23-10-4-5-11-27-23/h2-5,8-11,20H,6-7,12-19H2,1H3. The quantitative estimate of drug-likeness (QED) is 0.670. The fourth-order valence-corrected chi connectivity index (χ4v) is 5.45. The van der Waals surface area contributed by atoms with Gasteiger partial charge >= 0.3 is 5.97 Å². The van der Waals surface area contributed by atoms with E-state index in [4.69, 9.17) is 4.74 Å². The molecular formula is C26H32N4O3. The third-order valence-electron chi connectivity index (χ3n) is 7.20. The summed E-state index contributed by atoms with van der Waals surface area (Å²) < 4.78 is 5.70. The number of carbonyl (C=O) groups excluding carboxylic acids is 2. The van der Waals surface area contributed by atoms with Crippen LogP contribution in [0, 0.1) is 5.92 Å². The molecule has 0 N–H and O–H groups in total. The first kappa shape index (κ1) is 21.9. The predicted octanol–water partition coefficient (Wildman–Crippen LogP) is 2.61. The monoisotopic (exact) mass is 448 g/mol. The smallest absolute Gasteiger partial charge is 0.339 e. The summed E-state index contributed by atoms with van der Waals surface area (Å²) in [4.78, 5) is 37.3. The predicted molar refractivity (Wildman–Crippen MR) is 126 cm³/mol. The van der Waals surface area contributed by atoms with Crippen molar-refractivity contribution < 1.29 is 14.3 Å². The summed E-state index contributed by atoms with van der Waals surface area (Å²) in [5.41, 5.74) is 0.342. The van der Waals surface area contributed by atoms with E-state index in [-0.39, 0.29) is 5.91 Å². The highest BCUT2D eigenvalue weighted by Gasteiger charge is 2.45. The third-order valence-corrected chi connectivity index (χ3v) is 7.20. The molecule has 7 heteroatoms. The number of anilines is 1. The molecule has 0 saturated carbocycles. The Balaban J connectivity index is 1.17. The molecule has 1 aromatic carbocycles. The summed E-state index contributed by atoms with van der Waals surface area (Å²) in [6.07, 6.45) is 4.40. The van der Waals surface area contributed by atoms with E-state index in [0.717, 1.165) is 70.0 Å². The highest BCUT2D eigenvalue weighted by Crippen LogP contribution is 2.31. The van der Waals surface area contributed by atoms with Crippen LogP contribution in [0.1, 0.15) is 35.7 Å². The number of esters is 1. The lowest BCUT2D eigenvalue weighted by molar-refractivity contribution is -0.153. The average Bonchev–Trinajstić information content (AvgIpc) is 2.85. The van der Waals surface area contributed by atoms with E-state index in [1.54, 1.807) is 13.0 Å². The molecule has 174 valence electrons. The molecule has 2 saturated heterocycles. The van der Waals surface area contributed by atoms with Gasteiger partial charge in [0.25, 0.3) is 5.91 Å². The highest BCUT2D eigenvalue weighted by atomic mass is 16.6. The minimum Gasteiger partial charge on any atom is -0.445 e. The van der Waals surface area contributed by atoms with E-state index in [9.17, 15) is 9.59 Å². The van der Waals surface area contributed by atoms with Gasteiger partial charge in [-0.05, 0) is 49.4 Å². The van der Waals surface area contributed by atoms with Gasteiger partial charge in [0.1, 0.15) is 5.82 Å². The van der Waals surface area contributed by atoms with Gasteiger partial charge in [-0.15, -0.1) is 0 Å². The maximum Gasteiger partial charge on any atom is 0.339 e. The molecule has 3 aliphatic rings. The van der Waals surface area contributed by atoms with Crippen molar-refractivity contribution >= 4 is 17.7 Å². The SMILES string of the molecule is CC1(C(=O)N2CCCC(CN3CCN(c4ccccn4)CC3)C2)Cc2ccccc2C(=O)O1. The first-order valence-electron chi connectivity index (χ1n) is 12.0. The van der Waals surface area contributed by atoms with Gasteiger partial charge in [-0.2, -0.15) is 0 Å². The summed E-state index contributed by atoms with van der Waals surface area (Å²) in [5.74, 6) is 1.03. The van der Waals surface area contributed by atoms with Gasteiger partial charge in [0.15, 0.2) is 5.60 Å². The maximum absolute atomic E-state index is 13.5. The summed E-state index contributed by atoms with van der Waals surface area (Å²) >= 11 is 0. The Labute approximate surface area is 195 Å². The molecule has 0 aliphatic carbocycles. The van der Waals surface area contributed by atoms with Crippen LogP contribution in [0.4, 0.5) is 5.82 Å². The Morgan fingerprint density at radius 3 is 2.67 bits per heavy atom. The van der Waals surface area contributed by atoms with Crippen molar-refractivity contribution in [3.8, 4) is 0 Å². The minimum atomic E-state index is -1.12. The molecule has 0 spiro atoms. The van der Waals surface area contributed by atoms with Gasteiger partial charge in [-0.25, -0.2) is 9.78 Å². The van der Waals surface area contributed by atoms with Gasteiger partial charge in [-0.3, -0.25) is 9.69 Å². The molecular weight excluding hydrogens is 416 g/mol. The number of hydrogen-bond acceptors (Lipinski definition) is 6. The van der Waals surface area contributed by atoms with Crippen LogP contribution in [0.5, 0.6) is 0 Å². The number of likely N-dealkylation sites (tertiary alicyclic amines) is 1. The number of pyridine rings is 1. The number of benzene rings is 1. The number of fused-ring (bicyclic) bond motifs is 1. The first-order chi connectivity index (χ1) is 16.0. The van der Waals surface area contributed by atoms with Crippen molar-refractivity contribution in [3.63, 3.8) is 0 Å². The molecule has 1 amide bonds. The lowest BCUT2D eigenvalue weighted by Crippen LogP contribution is -2.56. The Kier molecular flexibility index (Phi) is 6.06. The van der Waals surface area contributed by atoms with Crippen LogP contribution in [0.15, 0.2) is 48.7 Å². The van der Waals surface area contributed by atoms with Gasteiger partial charge in [0.2, 0.25) is 0 Å². The van der Waals surface area contributed by atoms with E-state index in [0.29, 0.717) is 17.9 Å². The molecule has 2 aromatic rings. The normalized spacial score (nSPS) is 26.0. The zero-order chi connectivity index (χ0) is 22.8. The second-order valence-electron chi connectivity index (χ2n) is 9.69. The number of rotatable bonds is 4. The van der Waals surface area contributed by atoms with Gasteiger partial charge < -0.3 is 14.5 Å². The number of piperidine rings is 1. The summed E-state index contributed by atoms with van der Waals surface area (Å²) in [6.45, 7) is 8.19. The lowest BCUT2D eigenvalue weighted by Gasteiger charge is -2.42. The zero-order valence-electron chi connectivity index (χ0n) is 19.3. The van der Waals surface area contributed by atoms with E-state index >= 15 is 0 Å². The van der Waals surface area contributed by atoms with Crippen LogP contribution in [0.2, 0.25) is 0 Å². The molecule has 5 rings (SSSR count). The lowest BCUT2D eigenvalue weighted by atomic mass is 9.87. The van der Waals surface area contributed by atoms with Gasteiger partial charge in [0, 0.05) is 58.4 Å². The molecule has 2 fully saturated rings. The second-order valence-corrected chi connectivity index (χ2v) is 9.69. The third kappa shape index (κ3) is 4.60. The van der Waals surface area contributed by atoms with Crippen molar-refractivity contribution in [1.29, 1.82) is 0 Å². The van der Waals surface area contributed by atoms with Gasteiger partial charge in [-0.1, -0.05) is 24.3 Å². The number of cyclic esters (lactones) is 1. The van der Waals surface area contributed by atoms with Gasteiger partial charge in [0.05, 0.1) is 5.56 Å². The largest absolute Gasteiger partial charge is 0.445 e. The van der Waals surface area contributed by atoms with Crippen LogP contribution in [-0.2, 0) is 16.0 Å². The van der Waals surface area contributed by atoms with Crippen molar-refractivity contribution in [2.24, 2.45) is 5.92 Å². The average molecular weight is 449 g/mol. The first-order valence-corrected chi connectivity index (χ1v) is 12.0. The second kappa shape index (κ2) is 9.14. The van der Waals surface area contributed by atoms with Crippen molar-refractivity contribution in [2.75, 3.05) is 50.7 Å². The van der Waals surface area contributed by atoms with Crippen LogP contribution in [0.25, 0.3) is 0 Å². The number of amides is 1. The number of carbonyl (C=O) groups is 2. The maximum atomic E-state index is 13.5. The zero-order valence-corrected chi connectivity index (χ0v) is 19.3. The van der Waals surface area contributed by atoms with Crippen LogP contribution >= 0.6 is 0 Å². The topological polar surface area (TPSA) is 66.0 Å².